The second-order valence-corrected chi connectivity index (χ2v) is 8.72. The van der Waals surface area contributed by atoms with Gasteiger partial charge in [-0.3, -0.25) is 9.78 Å². The molecule has 1 aromatic carbocycles. The first-order valence-corrected chi connectivity index (χ1v) is 9.82. The summed E-state index contributed by atoms with van der Waals surface area (Å²) in [7, 11) is -3.06. The maximum Gasteiger partial charge on any atom is 0.251 e. The lowest BCUT2D eigenvalue weighted by atomic mass is 10.0. The lowest BCUT2D eigenvalue weighted by molar-refractivity contribution is 0.0915. The lowest BCUT2D eigenvalue weighted by Gasteiger charge is -2.23. The number of aromatic nitrogens is 1. The number of hydrogen-bond acceptors (Lipinski definition) is 5. The molecule has 1 aliphatic heterocycles. The van der Waals surface area contributed by atoms with E-state index in [0.29, 0.717) is 24.3 Å². The number of nitrogens with zero attached hydrogens (tertiary/aromatic N) is 1. The van der Waals surface area contributed by atoms with Gasteiger partial charge in [-0.15, -0.1) is 0 Å². The Bertz CT molecular complexity index is 850. The van der Waals surface area contributed by atoms with Crippen molar-refractivity contribution in [3.05, 3.63) is 59.9 Å². The van der Waals surface area contributed by atoms with Crippen LogP contribution in [0, 0.1) is 0 Å². The van der Waals surface area contributed by atoms with Gasteiger partial charge in [-0.05, 0) is 43.7 Å². The molecule has 132 valence electrons. The molecule has 0 spiro atoms. The van der Waals surface area contributed by atoms with Gasteiger partial charge in [0.1, 0.15) is 12.4 Å². The molecule has 25 heavy (non-hydrogen) atoms. The van der Waals surface area contributed by atoms with Crippen LogP contribution in [0.5, 0.6) is 5.75 Å². The third-order valence-corrected chi connectivity index (χ3v) is 6.07. The maximum absolute atomic E-state index is 12.4. The van der Waals surface area contributed by atoms with Gasteiger partial charge < -0.3 is 10.1 Å². The molecule has 1 aliphatic rings. The topological polar surface area (TPSA) is 85.4 Å². The average Bonchev–Trinajstić information content (AvgIpc) is 2.87. The molecule has 0 saturated carbocycles. The number of amides is 1. The number of ether oxygens (including phenoxy) is 1. The predicted molar refractivity (Wildman–Crippen MR) is 94.2 cm³/mol. The quantitative estimate of drug-likeness (QED) is 0.881. The SMILES string of the molecule is CC1(NC(=O)c2ccc(OCc3cccnc3)cc2)CCS(=O)(=O)C1. The summed E-state index contributed by atoms with van der Waals surface area (Å²) < 4.78 is 28.9. The van der Waals surface area contributed by atoms with Gasteiger partial charge in [0.15, 0.2) is 9.84 Å². The van der Waals surface area contributed by atoms with Crippen molar-refractivity contribution >= 4 is 15.7 Å². The molecule has 1 saturated heterocycles. The molecule has 1 amide bonds. The average molecular weight is 360 g/mol. The maximum atomic E-state index is 12.4. The molecule has 1 aromatic heterocycles. The van der Waals surface area contributed by atoms with E-state index in [1.807, 2.05) is 12.1 Å². The smallest absolute Gasteiger partial charge is 0.251 e. The van der Waals surface area contributed by atoms with Crippen molar-refractivity contribution in [2.45, 2.75) is 25.5 Å². The fraction of sp³-hybridized carbons (Fsp3) is 0.333. The summed E-state index contributed by atoms with van der Waals surface area (Å²) in [6, 6.07) is 10.5. The van der Waals surface area contributed by atoms with E-state index in [1.54, 1.807) is 43.6 Å². The first-order valence-electron chi connectivity index (χ1n) is 8.00. The van der Waals surface area contributed by atoms with Gasteiger partial charge in [0.2, 0.25) is 0 Å². The van der Waals surface area contributed by atoms with Crippen molar-refractivity contribution in [2.75, 3.05) is 11.5 Å². The number of hydrogen-bond donors (Lipinski definition) is 1. The predicted octanol–water partition coefficient (Wildman–Crippen LogP) is 1.97. The number of carbonyl (C=O) groups is 1. The molecule has 2 heterocycles. The largest absolute Gasteiger partial charge is 0.489 e. The van der Waals surface area contributed by atoms with E-state index in [1.165, 1.54) is 0 Å². The molecule has 2 aromatic rings. The zero-order valence-corrected chi connectivity index (χ0v) is 14.8. The van der Waals surface area contributed by atoms with E-state index in [2.05, 4.69) is 10.3 Å². The standard InChI is InChI=1S/C18H20N2O4S/c1-18(8-10-25(22,23)13-18)20-17(21)15-4-6-16(7-5-15)24-12-14-3-2-9-19-11-14/h2-7,9,11H,8,10,12-13H2,1H3,(H,20,21). The van der Waals surface area contributed by atoms with Crippen LogP contribution in [-0.4, -0.2) is 36.4 Å². The van der Waals surface area contributed by atoms with Crippen LogP contribution in [0.25, 0.3) is 0 Å². The van der Waals surface area contributed by atoms with E-state index < -0.39 is 15.4 Å². The van der Waals surface area contributed by atoms with Crippen LogP contribution in [0.2, 0.25) is 0 Å². The number of benzene rings is 1. The van der Waals surface area contributed by atoms with Crippen LogP contribution < -0.4 is 10.1 Å². The molecule has 1 fully saturated rings. The first-order chi connectivity index (χ1) is 11.9. The molecular formula is C18H20N2O4S. The molecule has 1 unspecified atom stereocenters. The van der Waals surface area contributed by atoms with Crippen LogP contribution in [0.4, 0.5) is 0 Å². The van der Waals surface area contributed by atoms with Crippen LogP contribution >= 0.6 is 0 Å². The minimum Gasteiger partial charge on any atom is -0.489 e. The van der Waals surface area contributed by atoms with Gasteiger partial charge in [-0.2, -0.15) is 0 Å². The Kier molecular flexibility index (Phi) is 4.76. The van der Waals surface area contributed by atoms with E-state index in [0.717, 1.165) is 5.56 Å². The highest BCUT2D eigenvalue weighted by molar-refractivity contribution is 7.91. The van der Waals surface area contributed by atoms with Gasteiger partial charge in [-0.1, -0.05) is 6.07 Å². The summed E-state index contributed by atoms with van der Waals surface area (Å²) in [5.41, 5.74) is 0.727. The molecule has 1 atom stereocenters. The van der Waals surface area contributed by atoms with Gasteiger partial charge in [0.25, 0.3) is 5.91 Å². The first kappa shape index (κ1) is 17.4. The Balaban J connectivity index is 1.59. The van der Waals surface area contributed by atoms with Gasteiger partial charge >= 0.3 is 0 Å². The van der Waals surface area contributed by atoms with Crippen LogP contribution in [0.3, 0.4) is 0 Å². The monoisotopic (exact) mass is 360 g/mol. The zero-order valence-electron chi connectivity index (χ0n) is 13.9. The third-order valence-electron chi connectivity index (χ3n) is 4.16. The van der Waals surface area contributed by atoms with Gasteiger partial charge in [0, 0.05) is 23.5 Å². The fourth-order valence-electron chi connectivity index (χ4n) is 2.81. The van der Waals surface area contributed by atoms with E-state index >= 15 is 0 Å². The molecule has 1 N–H and O–H groups in total. The molecule has 0 radical (unpaired) electrons. The van der Waals surface area contributed by atoms with E-state index in [-0.39, 0.29) is 17.4 Å². The summed E-state index contributed by atoms with van der Waals surface area (Å²) in [5, 5.41) is 2.84. The van der Waals surface area contributed by atoms with Crippen molar-refractivity contribution in [3.8, 4) is 5.75 Å². The molecule has 6 nitrogen and oxygen atoms in total. The molecule has 7 heteroatoms. The Hall–Kier alpha value is -2.41. The second kappa shape index (κ2) is 6.84. The Morgan fingerprint density at radius 3 is 2.64 bits per heavy atom. The molecule has 0 aliphatic carbocycles. The Morgan fingerprint density at radius 2 is 2.04 bits per heavy atom. The number of pyridine rings is 1. The number of sulfone groups is 1. The summed E-state index contributed by atoms with van der Waals surface area (Å²) in [5.74, 6) is 0.469. The minimum absolute atomic E-state index is 0.0158. The summed E-state index contributed by atoms with van der Waals surface area (Å²) in [4.78, 5) is 16.4. The van der Waals surface area contributed by atoms with Crippen molar-refractivity contribution in [2.24, 2.45) is 0 Å². The van der Waals surface area contributed by atoms with Crippen molar-refractivity contribution in [3.63, 3.8) is 0 Å². The minimum atomic E-state index is -3.06. The van der Waals surface area contributed by atoms with Crippen LogP contribution in [-0.2, 0) is 16.4 Å². The Labute approximate surface area is 147 Å². The Morgan fingerprint density at radius 1 is 1.28 bits per heavy atom. The van der Waals surface area contributed by atoms with E-state index in [9.17, 15) is 13.2 Å². The van der Waals surface area contributed by atoms with Crippen molar-refractivity contribution in [1.82, 2.24) is 10.3 Å². The van der Waals surface area contributed by atoms with Gasteiger partial charge in [-0.25, -0.2) is 8.42 Å². The highest BCUT2D eigenvalue weighted by Crippen LogP contribution is 2.23. The highest BCUT2D eigenvalue weighted by Gasteiger charge is 2.39. The number of nitrogens with one attached hydrogen (secondary N) is 1. The van der Waals surface area contributed by atoms with Crippen LogP contribution in [0.1, 0.15) is 29.3 Å². The lowest BCUT2D eigenvalue weighted by Crippen LogP contribution is -2.46. The summed E-state index contributed by atoms with van der Waals surface area (Å²) in [6.07, 6.45) is 3.87. The van der Waals surface area contributed by atoms with E-state index in [4.69, 9.17) is 4.74 Å². The normalized spacial score (nSPS) is 21.6. The number of rotatable bonds is 5. The highest BCUT2D eigenvalue weighted by atomic mass is 32.2. The third kappa shape index (κ3) is 4.57. The van der Waals surface area contributed by atoms with Gasteiger partial charge in [0.05, 0.1) is 17.0 Å². The fourth-order valence-corrected chi connectivity index (χ4v) is 4.90. The summed E-state index contributed by atoms with van der Waals surface area (Å²) >= 11 is 0. The summed E-state index contributed by atoms with van der Waals surface area (Å²) in [6.45, 7) is 2.16. The molecule has 0 bridgehead atoms. The van der Waals surface area contributed by atoms with Crippen LogP contribution in [0.15, 0.2) is 48.8 Å². The number of carbonyl (C=O) groups excluding carboxylic acids is 1. The van der Waals surface area contributed by atoms with Crippen molar-refractivity contribution in [1.29, 1.82) is 0 Å². The molecular weight excluding hydrogens is 340 g/mol. The zero-order chi connectivity index (χ0) is 17.9. The molecule has 3 rings (SSSR count). The second-order valence-electron chi connectivity index (χ2n) is 6.53. The van der Waals surface area contributed by atoms with Crippen molar-refractivity contribution < 1.29 is 17.9 Å².